The van der Waals surface area contributed by atoms with Gasteiger partial charge in [0.25, 0.3) is 0 Å². The van der Waals surface area contributed by atoms with Gasteiger partial charge in [0.2, 0.25) is 11.2 Å². The van der Waals surface area contributed by atoms with Crippen molar-refractivity contribution >= 4 is 33.5 Å². The highest BCUT2D eigenvalue weighted by atomic mass is 79.9. The van der Waals surface area contributed by atoms with E-state index in [9.17, 15) is 4.39 Å². The number of rotatable bonds is 3. The summed E-state index contributed by atoms with van der Waals surface area (Å²) in [6.45, 7) is 0. The van der Waals surface area contributed by atoms with E-state index in [0.717, 1.165) is 0 Å². The van der Waals surface area contributed by atoms with Crippen molar-refractivity contribution in [1.82, 2.24) is 15.0 Å². The molecule has 2 aromatic rings. The molecule has 1 aromatic carbocycles. The van der Waals surface area contributed by atoms with Crippen molar-refractivity contribution in [3.63, 3.8) is 0 Å². The summed E-state index contributed by atoms with van der Waals surface area (Å²) in [6.07, 6.45) is 0. The van der Waals surface area contributed by atoms with Gasteiger partial charge in [0.1, 0.15) is 0 Å². The summed E-state index contributed by atoms with van der Waals surface area (Å²) < 4.78 is 19.4. The zero-order valence-corrected chi connectivity index (χ0v) is 11.5. The van der Waals surface area contributed by atoms with Gasteiger partial charge in [0, 0.05) is 11.5 Å². The highest BCUT2D eigenvalue weighted by molar-refractivity contribution is 9.10. The first-order valence-corrected chi connectivity index (χ1v) is 5.98. The smallest absolute Gasteiger partial charge is 0.328 e. The lowest BCUT2D eigenvalue weighted by atomic mass is 10.3. The summed E-state index contributed by atoms with van der Waals surface area (Å²) in [7, 11) is 1.62. The van der Waals surface area contributed by atoms with E-state index >= 15 is 0 Å². The number of hydrogen-bond acceptors (Lipinski definition) is 5. The molecule has 0 atom stereocenters. The number of nitrogens with zero attached hydrogens (tertiary/aromatic N) is 3. The summed E-state index contributed by atoms with van der Waals surface area (Å²) in [5.74, 6) is -0.294. The highest BCUT2D eigenvalue weighted by Crippen LogP contribution is 2.25. The quantitative estimate of drug-likeness (QED) is 0.934. The Morgan fingerprint density at radius 1 is 1.33 bits per heavy atom. The zero-order chi connectivity index (χ0) is 13.1. The lowest BCUT2D eigenvalue weighted by molar-refractivity contribution is 0.410. The molecule has 0 fully saturated rings. The summed E-state index contributed by atoms with van der Waals surface area (Å²) in [4.78, 5) is 11.4. The number of ether oxygens (including phenoxy) is 1. The predicted octanol–water partition coefficient (Wildman–Crippen LogP) is 3.26. The largest absolute Gasteiger partial charge is 0.421 e. The van der Waals surface area contributed by atoms with Crippen molar-refractivity contribution in [2.75, 3.05) is 12.4 Å². The van der Waals surface area contributed by atoms with Gasteiger partial charge < -0.3 is 10.1 Å². The molecule has 0 saturated heterocycles. The molecule has 0 bridgehead atoms. The van der Waals surface area contributed by atoms with Gasteiger partial charge in [0.05, 0.1) is 0 Å². The average molecular weight is 334 g/mol. The first-order chi connectivity index (χ1) is 8.58. The van der Waals surface area contributed by atoms with Gasteiger partial charge in [-0.2, -0.15) is 15.0 Å². The van der Waals surface area contributed by atoms with Crippen LogP contribution in [0.5, 0.6) is 11.8 Å². The molecule has 0 aliphatic carbocycles. The van der Waals surface area contributed by atoms with Crippen LogP contribution in [0.2, 0.25) is 5.28 Å². The maximum Gasteiger partial charge on any atom is 0.328 e. The molecule has 2 rings (SSSR count). The van der Waals surface area contributed by atoms with Gasteiger partial charge in [-0.25, -0.2) is 4.39 Å². The van der Waals surface area contributed by atoms with E-state index in [-0.39, 0.29) is 23.0 Å². The van der Waals surface area contributed by atoms with Gasteiger partial charge in [-0.15, -0.1) is 0 Å². The maximum absolute atomic E-state index is 13.5. The molecule has 8 heteroatoms. The number of anilines is 1. The average Bonchev–Trinajstić information content (AvgIpc) is 2.32. The number of benzene rings is 1. The Balaban J connectivity index is 2.30. The number of nitrogens with one attached hydrogen (secondary N) is 1. The van der Waals surface area contributed by atoms with Gasteiger partial charge in [0.15, 0.2) is 11.6 Å². The normalized spacial score (nSPS) is 10.2. The Bertz CT molecular complexity index is 584. The van der Waals surface area contributed by atoms with Crippen LogP contribution in [-0.4, -0.2) is 22.0 Å². The van der Waals surface area contributed by atoms with Crippen molar-refractivity contribution in [3.8, 4) is 11.8 Å². The molecule has 18 heavy (non-hydrogen) atoms. The van der Waals surface area contributed by atoms with Gasteiger partial charge >= 0.3 is 6.01 Å². The second kappa shape index (κ2) is 5.45. The molecule has 5 nitrogen and oxygen atoms in total. The van der Waals surface area contributed by atoms with Gasteiger partial charge in [-0.05, 0) is 29.8 Å². The zero-order valence-electron chi connectivity index (χ0n) is 9.12. The summed E-state index contributed by atoms with van der Waals surface area (Å²) >= 11 is 8.82. The van der Waals surface area contributed by atoms with Crippen LogP contribution in [0.3, 0.4) is 0 Å². The van der Waals surface area contributed by atoms with Crippen molar-refractivity contribution in [2.24, 2.45) is 0 Å². The van der Waals surface area contributed by atoms with E-state index in [0.29, 0.717) is 4.47 Å². The van der Waals surface area contributed by atoms with Crippen LogP contribution in [0.4, 0.5) is 10.3 Å². The van der Waals surface area contributed by atoms with Crippen LogP contribution in [0, 0.1) is 5.82 Å². The molecule has 0 saturated carbocycles. The van der Waals surface area contributed by atoms with Crippen molar-refractivity contribution in [2.45, 2.75) is 0 Å². The lowest BCUT2D eigenvalue weighted by Gasteiger charge is -2.06. The highest BCUT2D eigenvalue weighted by Gasteiger charge is 2.10. The van der Waals surface area contributed by atoms with E-state index in [4.69, 9.17) is 16.3 Å². The molecule has 0 amide bonds. The second-order valence-corrected chi connectivity index (χ2v) is 4.39. The Kier molecular flexibility index (Phi) is 3.93. The summed E-state index contributed by atoms with van der Waals surface area (Å²) in [5.41, 5.74) is 0. The van der Waals surface area contributed by atoms with E-state index in [2.05, 4.69) is 36.2 Å². The minimum Gasteiger partial charge on any atom is -0.421 e. The number of hydrogen-bond donors (Lipinski definition) is 1. The van der Waals surface area contributed by atoms with Crippen LogP contribution in [-0.2, 0) is 0 Å². The first-order valence-electron chi connectivity index (χ1n) is 4.80. The third-order valence-electron chi connectivity index (χ3n) is 1.91. The topological polar surface area (TPSA) is 59.9 Å². The third kappa shape index (κ3) is 3.05. The maximum atomic E-state index is 13.5. The summed E-state index contributed by atoms with van der Waals surface area (Å²) in [5, 5.41) is 2.65. The molecular formula is C10H7BrClFN4O. The molecular weight excluding hydrogens is 326 g/mol. The Hall–Kier alpha value is -1.47. The predicted molar refractivity (Wildman–Crippen MR) is 68.6 cm³/mol. The standard InChI is InChI=1S/C10H7BrClFN4O/c1-14-9-15-8(12)16-10(17-9)18-7-3-2-5(11)4-6(7)13/h2-4H,1H3,(H,14,15,16,17). The lowest BCUT2D eigenvalue weighted by Crippen LogP contribution is -2.01. The first kappa shape index (κ1) is 13.0. The SMILES string of the molecule is CNc1nc(Cl)nc(Oc2ccc(Br)cc2F)n1. The molecule has 1 N–H and O–H groups in total. The molecule has 0 unspecified atom stereocenters. The molecule has 0 aliphatic heterocycles. The molecule has 1 aromatic heterocycles. The Morgan fingerprint density at radius 2 is 2.11 bits per heavy atom. The molecule has 94 valence electrons. The molecule has 0 radical (unpaired) electrons. The van der Waals surface area contributed by atoms with Crippen LogP contribution in [0.15, 0.2) is 22.7 Å². The molecule has 0 spiro atoms. The Labute approximate surface area is 116 Å². The fraction of sp³-hybridized carbons (Fsp3) is 0.100. The van der Waals surface area contributed by atoms with Crippen molar-refractivity contribution in [1.29, 1.82) is 0 Å². The van der Waals surface area contributed by atoms with Crippen LogP contribution in [0.25, 0.3) is 0 Å². The van der Waals surface area contributed by atoms with E-state index in [1.54, 1.807) is 13.1 Å². The second-order valence-electron chi connectivity index (χ2n) is 3.14. The fourth-order valence-corrected chi connectivity index (χ4v) is 1.63. The third-order valence-corrected chi connectivity index (χ3v) is 2.57. The summed E-state index contributed by atoms with van der Waals surface area (Å²) in [6, 6.07) is 4.29. The van der Waals surface area contributed by atoms with Gasteiger partial charge in [-0.1, -0.05) is 15.9 Å². The Morgan fingerprint density at radius 3 is 2.78 bits per heavy atom. The van der Waals surface area contributed by atoms with Crippen molar-refractivity contribution in [3.05, 3.63) is 33.8 Å². The molecule has 1 heterocycles. The van der Waals surface area contributed by atoms with Crippen LogP contribution in [0.1, 0.15) is 0 Å². The van der Waals surface area contributed by atoms with Crippen LogP contribution >= 0.6 is 27.5 Å². The fourth-order valence-electron chi connectivity index (χ4n) is 1.15. The van der Waals surface area contributed by atoms with E-state index in [1.165, 1.54) is 12.1 Å². The minimum atomic E-state index is -0.535. The monoisotopic (exact) mass is 332 g/mol. The number of halogens is 3. The number of aromatic nitrogens is 3. The van der Waals surface area contributed by atoms with Crippen molar-refractivity contribution < 1.29 is 9.13 Å². The van der Waals surface area contributed by atoms with Gasteiger partial charge in [-0.3, -0.25) is 0 Å². The van der Waals surface area contributed by atoms with Crippen LogP contribution < -0.4 is 10.1 Å². The minimum absolute atomic E-state index is 0.00233. The van der Waals surface area contributed by atoms with E-state index < -0.39 is 5.82 Å². The van der Waals surface area contributed by atoms with E-state index in [1.807, 2.05) is 0 Å². The molecule has 0 aliphatic rings.